The highest BCUT2D eigenvalue weighted by molar-refractivity contribution is 7.84. The number of rotatable bonds is 6. The third kappa shape index (κ3) is 6.10. The van der Waals surface area contributed by atoms with Crippen LogP contribution in [0.15, 0.2) is 0 Å². The number of nitrogens with two attached hydrogens (primary N) is 1. The third-order valence-corrected chi connectivity index (χ3v) is 2.89. The Balaban J connectivity index is 3.86. The molecule has 4 nitrogen and oxygen atoms in total. The minimum Gasteiger partial charge on any atom is -0.352 e. The van der Waals surface area contributed by atoms with Crippen molar-refractivity contribution in [1.29, 1.82) is 0 Å². The quantitative estimate of drug-likeness (QED) is 0.654. The molecule has 0 aliphatic carbocycles. The first-order valence-electron chi connectivity index (χ1n) is 4.77. The number of carbonyl (C=O) groups is 1. The molecule has 0 fully saturated rings. The average Bonchev–Trinajstić information content (AvgIpc) is 2.02. The van der Waals surface area contributed by atoms with Gasteiger partial charge in [0, 0.05) is 34.8 Å². The molecule has 3 unspecified atom stereocenters. The maximum atomic E-state index is 11.5. The van der Waals surface area contributed by atoms with Crippen LogP contribution in [0.2, 0.25) is 0 Å². The molecule has 0 aromatic rings. The second kappa shape index (κ2) is 6.95. The summed E-state index contributed by atoms with van der Waals surface area (Å²) in [6, 6.07) is -0.0337. The van der Waals surface area contributed by atoms with Crippen LogP contribution in [-0.2, 0) is 15.6 Å². The van der Waals surface area contributed by atoms with E-state index in [1.807, 2.05) is 13.8 Å². The van der Waals surface area contributed by atoms with Gasteiger partial charge in [-0.15, -0.1) is 0 Å². The summed E-state index contributed by atoms with van der Waals surface area (Å²) in [5.74, 6) is 0.433. The lowest BCUT2D eigenvalue weighted by Crippen LogP contribution is -2.39. The Morgan fingerprint density at radius 2 is 2.07 bits per heavy atom. The Kier molecular flexibility index (Phi) is 6.74. The minimum absolute atomic E-state index is 0.00611. The SMILES string of the molecule is CC(CS(C)=O)NC(=O)C(C)CCN. The van der Waals surface area contributed by atoms with E-state index in [-0.39, 0.29) is 17.9 Å². The van der Waals surface area contributed by atoms with Gasteiger partial charge in [-0.25, -0.2) is 0 Å². The molecule has 0 aliphatic rings. The Bertz CT molecular complexity index is 209. The number of hydrogen-bond acceptors (Lipinski definition) is 3. The topological polar surface area (TPSA) is 72.2 Å². The fourth-order valence-corrected chi connectivity index (χ4v) is 1.95. The highest BCUT2D eigenvalue weighted by Gasteiger charge is 2.14. The zero-order valence-electron chi connectivity index (χ0n) is 9.08. The van der Waals surface area contributed by atoms with Crippen molar-refractivity contribution in [2.24, 2.45) is 11.7 Å². The van der Waals surface area contributed by atoms with E-state index >= 15 is 0 Å². The van der Waals surface area contributed by atoms with Crippen LogP contribution in [-0.4, -0.2) is 34.7 Å². The van der Waals surface area contributed by atoms with Crippen LogP contribution in [0.25, 0.3) is 0 Å². The van der Waals surface area contributed by atoms with Gasteiger partial charge in [-0.3, -0.25) is 9.00 Å². The van der Waals surface area contributed by atoms with Crippen LogP contribution in [0.4, 0.5) is 0 Å². The molecule has 1 amide bonds. The van der Waals surface area contributed by atoms with E-state index in [2.05, 4.69) is 5.32 Å². The van der Waals surface area contributed by atoms with Gasteiger partial charge >= 0.3 is 0 Å². The normalized spacial score (nSPS) is 17.1. The maximum Gasteiger partial charge on any atom is 0.223 e. The Hall–Kier alpha value is -0.420. The highest BCUT2D eigenvalue weighted by atomic mass is 32.2. The molecule has 0 aromatic heterocycles. The third-order valence-electron chi connectivity index (χ3n) is 1.92. The number of amides is 1. The molecule has 5 heteroatoms. The molecule has 0 rings (SSSR count). The van der Waals surface area contributed by atoms with Crippen molar-refractivity contribution < 1.29 is 9.00 Å². The van der Waals surface area contributed by atoms with E-state index in [0.717, 1.165) is 0 Å². The summed E-state index contributed by atoms with van der Waals surface area (Å²) >= 11 is 0. The zero-order valence-corrected chi connectivity index (χ0v) is 9.89. The van der Waals surface area contributed by atoms with Gasteiger partial charge in [0.05, 0.1) is 0 Å². The van der Waals surface area contributed by atoms with Crippen molar-refractivity contribution in [2.45, 2.75) is 26.3 Å². The second-order valence-electron chi connectivity index (χ2n) is 3.63. The van der Waals surface area contributed by atoms with Crippen LogP contribution < -0.4 is 11.1 Å². The van der Waals surface area contributed by atoms with E-state index < -0.39 is 10.8 Å². The molecule has 84 valence electrons. The maximum absolute atomic E-state index is 11.5. The summed E-state index contributed by atoms with van der Waals surface area (Å²) in [6.45, 7) is 4.22. The summed E-state index contributed by atoms with van der Waals surface area (Å²) in [5, 5.41) is 2.81. The van der Waals surface area contributed by atoms with Crippen LogP contribution >= 0.6 is 0 Å². The molecular weight excluding hydrogens is 200 g/mol. The summed E-state index contributed by atoms with van der Waals surface area (Å²) in [7, 11) is -0.868. The number of nitrogens with one attached hydrogen (secondary N) is 1. The van der Waals surface area contributed by atoms with Gasteiger partial charge in [-0.05, 0) is 19.9 Å². The van der Waals surface area contributed by atoms with E-state index in [4.69, 9.17) is 5.73 Å². The largest absolute Gasteiger partial charge is 0.352 e. The van der Waals surface area contributed by atoms with Gasteiger partial charge in [0.2, 0.25) is 5.91 Å². The van der Waals surface area contributed by atoms with Crippen LogP contribution in [0.5, 0.6) is 0 Å². The predicted octanol–water partition coefficient (Wildman–Crippen LogP) is -0.145. The van der Waals surface area contributed by atoms with Crippen molar-refractivity contribution in [2.75, 3.05) is 18.6 Å². The summed E-state index contributed by atoms with van der Waals surface area (Å²) in [6.07, 6.45) is 2.32. The van der Waals surface area contributed by atoms with Crippen molar-refractivity contribution in [1.82, 2.24) is 5.32 Å². The van der Waals surface area contributed by atoms with Crippen molar-refractivity contribution in [3.05, 3.63) is 0 Å². The van der Waals surface area contributed by atoms with Gasteiger partial charge in [-0.2, -0.15) is 0 Å². The molecule has 0 bridgehead atoms. The first-order chi connectivity index (χ1) is 6.47. The standard InChI is InChI=1S/C9H20N2O2S/c1-7(4-5-10)9(12)11-8(2)6-14(3)13/h7-8H,4-6,10H2,1-3H3,(H,11,12). The molecule has 0 saturated carbocycles. The zero-order chi connectivity index (χ0) is 11.1. The fraction of sp³-hybridized carbons (Fsp3) is 0.889. The highest BCUT2D eigenvalue weighted by Crippen LogP contribution is 2.00. The van der Waals surface area contributed by atoms with Gasteiger partial charge in [0.25, 0.3) is 0 Å². The Labute approximate surface area is 88.1 Å². The van der Waals surface area contributed by atoms with Gasteiger partial charge in [0.1, 0.15) is 0 Å². The number of carbonyl (C=O) groups excluding carboxylic acids is 1. The molecule has 14 heavy (non-hydrogen) atoms. The first kappa shape index (κ1) is 13.6. The van der Waals surface area contributed by atoms with Crippen LogP contribution in [0.3, 0.4) is 0 Å². The van der Waals surface area contributed by atoms with Crippen molar-refractivity contribution >= 4 is 16.7 Å². The van der Waals surface area contributed by atoms with Crippen molar-refractivity contribution in [3.63, 3.8) is 0 Å². The lowest BCUT2D eigenvalue weighted by atomic mass is 10.1. The molecule has 0 aromatic carbocycles. The fourth-order valence-electron chi connectivity index (χ4n) is 1.16. The summed E-state index contributed by atoms with van der Waals surface area (Å²) < 4.78 is 10.9. The Morgan fingerprint density at radius 3 is 2.50 bits per heavy atom. The first-order valence-corrected chi connectivity index (χ1v) is 6.50. The second-order valence-corrected chi connectivity index (χ2v) is 5.11. The van der Waals surface area contributed by atoms with Crippen LogP contribution in [0.1, 0.15) is 20.3 Å². The van der Waals surface area contributed by atoms with Crippen LogP contribution in [0, 0.1) is 5.92 Å². The predicted molar refractivity (Wildman–Crippen MR) is 59.4 cm³/mol. The molecular formula is C9H20N2O2S. The van der Waals surface area contributed by atoms with E-state index in [9.17, 15) is 9.00 Å². The molecule has 0 aliphatic heterocycles. The minimum atomic E-state index is -0.868. The molecule has 0 radical (unpaired) electrons. The monoisotopic (exact) mass is 220 g/mol. The lowest BCUT2D eigenvalue weighted by molar-refractivity contribution is -0.125. The van der Waals surface area contributed by atoms with E-state index in [1.54, 1.807) is 6.26 Å². The summed E-state index contributed by atoms with van der Waals surface area (Å²) in [4.78, 5) is 11.5. The van der Waals surface area contributed by atoms with Gasteiger partial charge < -0.3 is 11.1 Å². The molecule has 0 saturated heterocycles. The Morgan fingerprint density at radius 1 is 1.50 bits per heavy atom. The lowest BCUT2D eigenvalue weighted by Gasteiger charge is -2.16. The van der Waals surface area contributed by atoms with E-state index in [1.165, 1.54) is 0 Å². The smallest absolute Gasteiger partial charge is 0.223 e. The summed E-state index contributed by atoms with van der Waals surface area (Å²) in [5.41, 5.74) is 5.35. The molecule has 0 heterocycles. The van der Waals surface area contributed by atoms with Gasteiger partial charge in [-0.1, -0.05) is 6.92 Å². The number of hydrogen-bond donors (Lipinski definition) is 2. The molecule has 3 N–H and O–H groups in total. The molecule has 3 atom stereocenters. The van der Waals surface area contributed by atoms with Gasteiger partial charge in [0.15, 0.2) is 0 Å². The average molecular weight is 220 g/mol. The van der Waals surface area contributed by atoms with Crippen molar-refractivity contribution in [3.8, 4) is 0 Å². The molecule has 0 spiro atoms. The van der Waals surface area contributed by atoms with E-state index in [0.29, 0.717) is 18.7 Å².